The van der Waals surface area contributed by atoms with E-state index in [4.69, 9.17) is 9.47 Å². The average Bonchev–Trinajstić information content (AvgIpc) is 2.84. The molecule has 0 spiro atoms. The van der Waals surface area contributed by atoms with Crippen LogP contribution in [0.2, 0.25) is 0 Å². The Morgan fingerprint density at radius 3 is 3.06 bits per heavy atom. The van der Waals surface area contributed by atoms with Crippen molar-refractivity contribution < 1.29 is 18.7 Å². The number of carbonyl (C=O) groups is 1. The highest BCUT2D eigenvalue weighted by molar-refractivity contribution is 5.96. The lowest BCUT2D eigenvalue weighted by Crippen LogP contribution is -2.19. The molecule has 4 nitrogen and oxygen atoms in total. The lowest BCUT2D eigenvalue weighted by atomic mass is 10.2. The molecular weight excluding hydrogens is 237 g/mol. The van der Waals surface area contributed by atoms with Gasteiger partial charge in [0.1, 0.15) is 11.6 Å². The van der Waals surface area contributed by atoms with Crippen LogP contribution in [-0.2, 0) is 9.53 Å². The number of halogens is 1. The lowest BCUT2D eigenvalue weighted by Gasteiger charge is -2.10. The molecule has 1 aliphatic heterocycles. The van der Waals surface area contributed by atoms with Gasteiger partial charge in [-0.15, -0.1) is 0 Å². The summed E-state index contributed by atoms with van der Waals surface area (Å²) in [5.74, 6) is 0.180. The van der Waals surface area contributed by atoms with Crippen LogP contribution in [0.4, 0.5) is 10.1 Å². The van der Waals surface area contributed by atoms with Crippen molar-refractivity contribution in [3.8, 4) is 5.75 Å². The highest BCUT2D eigenvalue weighted by Crippen LogP contribution is 2.49. The zero-order chi connectivity index (χ0) is 12.7. The number of hydrogen-bond acceptors (Lipinski definition) is 3. The Bertz CT molecular complexity index is 481. The normalized spacial score (nSPS) is 28.7. The fourth-order valence-corrected chi connectivity index (χ4v) is 2.59. The number of hydrogen-bond donors (Lipinski definition) is 1. The minimum absolute atomic E-state index is 0.0598. The van der Waals surface area contributed by atoms with Crippen LogP contribution in [-0.4, -0.2) is 25.7 Å². The molecule has 2 fully saturated rings. The number of ether oxygens (including phenoxy) is 2. The molecule has 1 N–H and O–H groups in total. The van der Waals surface area contributed by atoms with Gasteiger partial charge in [-0.1, -0.05) is 0 Å². The van der Waals surface area contributed by atoms with Crippen LogP contribution < -0.4 is 10.1 Å². The van der Waals surface area contributed by atoms with Crippen LogP contribution >= 0.6 is 0 Å². The molecular formula is C13H14FNO3. The molecule has 5 heteroatoms. The minimum atomic E-state index is -0.404. The molecule has 2 aliphatic rings. The Kier molecular flexibility index (Phi) is 2.70. The van der Waals surface area contributed by atoms with Crippen LogP contribution in [0, 0.1) is 17.7 Å². The molecule has 0 unspecified atom stereocenters. The predicted octanol–water partition coefficient (Wildman–Crippen LogP) is 1.81. The Labute approximate surface area is 104 Å². The van der Waals surface area contributed by atoms with Crippen LogP contribution in [0.1, 0.15) is 6.42 Å². The number of anilines is 1. The summed E-state index contributed by atoms with van der Waals surface area (Å²) in [5.41, 5.74) is 0.368. The van der Waals surface area contributed by atoms with Crippen LogP contribution in [0.5, 0.6) is 5.75 Å². The quantitative estimate of drug-likeness (QED) is 0.891. The molecule has 1 saturated carbocycles. The third-order valence-corrected chi connectivity index (χ3v) is 3.58. The van der Waals surface area contributed by atoms with Crippen molar-refractivity contribution in [2.24, 2.45) is 11.8 Å². The van der Waals surface area contributed by atoms with Crippen LogP contribution in [0.25, 0.3) is 0 Å². The van der Waals surface area contributed by atoms with Crippen molar-refractivity contribution in [2.45, 2.75) is 12.5 Å². The Morgan fingerprint density at radius 2 is 2.39 bits per heavy atom. The maximum absolute atomic E-state index is 13.1. The standard InChI is InChI=1S/C13H14FNO3/c1-17-10-3-2-7(14)6-9(10)15-13(16)11-8-4-5-18-12(8)11/h2-3,6,8,11-12H,4-5H2,1H3,(H,15,16)/t8-,11-,12-/m1/s1. The molecule has 96 valence electrons. The zero-order valence-electron chi connectivity index (χ0n) is 9.98. The van der Waals surface area contributed by atoms with Gasteiger partial charge >= 0.3 is 0 Å². The fraction of sp³-hybridized carbons (Fsp3) is 0.462. The van der Waals surface area contributed by atoms with Gasteiger partial charge < -0.3 is 14.8 Å². The second-order valence-corrected chi connectivity index (χ2v) is 4.65. The van der Waals surface area contributed by atoms with E-state index >= 15 is 0 Å². The lowest BCUT2D eigenvalue weighted by molar-refractivity contribution is -0.118. The number of benzene rings is 1. The van der Waals surface area contributed by atoms with E-state index in [1.165, 1.54) is 25.3 Å². The van der Waals surface area contributed by atoms with E-state index < -0.39 is 5.82 Å². The Morgan fingerprint density at radius 1 is 1.56 bits per heavy atom. The summed E-state index contributed by atoms with van der Waals surface area (Å²) in [4.78, 5) is 12.0. The zero-order valence-corrected chi connectivity index (χ0v) is 9.98. The fourth-order valence-electron chi connectivity index (χ4n) is 2.59. The largest absolute Gasteiger partial charge is 0.495 e. The van der Waals surface area contributed by atoms with Crippen molar-refractivity contribution >= 4 is 11.6 Å². The van der Waals surface area contributed by atoms with E-state index in [0.717, 1.165) is 13.0 Å². The number of nitrogens with one attached hydrogen (secondary N) is 1. The van der Waals surface area contributed by atoms with E-state index in [1.54, 1.807) is 0 Å². The van der Waals surface area contributed by atoms with Gasteiger partial charge in [0.05, 0.1) is 24.8 Å². The highest BCUT2D eigenvalue weighted by atomic mass is 19.1. The Hall–Kier alpha value is -1.62. The maximum Gasteiger partial charge on any atom is 0.230 e. The molecule has 3 atom stereocenters. The molecule has 1 aromatic carbocycles. The summed E-state index contributed by atoms with van der Waals surface area (Å²) in [6.07, 6.45) is 0.993. The molecule has 1 saturated heterocycles. The van der Waals surface area contributed by atoms with Crippen molar-refractivity contribution in [3.05, 3.63) is 24.0 Å². The topological polar surface area (TPSA) is 47.6 Å². The molecule has 0 bridgehead atoms. The van der Waals surface area contributed by atoms with Gasteiger partial charge in [0.2, 0.25) is 5.91 Å². The Balaban J connectivity index is 1.72. The molecule has 1 aliphatic carbocycles. The van der Waals surface area contributed by atoms with Gasteiger partial charge in [0.25, 0.3) is 0 Å². The van der Waals surface area contributed by atoms with Crippen molar-refractivity contribution in [1.29, 1.82) is 0 Å². The minimum Gasteiger partial charge on any atom is -0.495 e. The van der Waals surface area contributed by atoms with Crippen molar-refractivity contribution in [2.75, 3.05) is 19.0 Å². The predicted molar refractivity (Wildman–Crippen MR) is 62.9 cm³/mol. The molecule has 1 amide bonds. The second-order valence-electron chi connectivity index (χ2n) is 4.65. The van der Waals surface area contributed by atoms with E-state index in [1.807, 2.05) is 0 Å². The molecule has 1 heterocycles. The summed E-state index contributed by atoms with van der Waals surface area (Å²) < 4.78 is 23.6. The SMILES string of the molecule is COc1ccc(F)cc1NC(=O)[C@@H]1[C@H]2CCO[C@H]21. The first kappa shape index (κ1) is 11.5. The average molecular weight is 251 g/mol. The maximum atomic E-state index is 13.1. The molecule has 0 radical (unpaired) electrons. The summed E-state index contributed by atoms with van der Waals surface area (Å²) >= 11 is 0. The first-order valence-corrected chi connectivity index (χ1v) is 5.96. The number of rotatable bonds is 3. The summed E-state index contributed by atoms with van der Waals surface area (Å²) in [7, 11) is 1.48. The van der Waals surface area contributed by atoms with Gasteiger partial charge in [0.15, 0.2) is 0 Å². The summed E-state index contributed by atoms with van der Waals surface area (Å²) in [6, 6.07) is 4.05. The number of methoxy groups -OCH3 is 1. The smallest absolute Gasteiger partial charge is 0.230 e. The number of fused-ring (bicyclic) bond motifs is 1. The van der Waals surface area contributed by atoms with Gasteiger partial charge in [-0.25, -0.2) is 4.39 Å². The monoisotopic (exact) mass is 251 g/mol. The molecule has 18 heavy (non-hydrogen) atoms. The van der Waals surface area contributed by atoms with E-state index in [2.05, 4.69) is 5.32 Å². The third kappa shape index (κ3) is 1.84. The van der Waals surface area contributed by atoms with Crippen molar-refractivity contribution in [1.82, 2.24) is 0 Å². The van der Waals surface area contributed by atoms with E-state index in [9.17, 15) is 9.18 Å². The number of amides is 1. The van der Waals surface area contributed by atoms with Crippen LogP contribution in [0.3, 0.4) is 0 Å². The third-order valence-electron chi connectivity index (χ3n) is 3.58. The van der Waals surface area contributed by atoms with E-state index in [0.29, 0.717) is 17.4 Å². The first-order chi connectivity index (χ1) is 8.70. The van der Waals surface area contributed by atoms with Gasteiger partial charge in [-0.3, -0.25) is 4.79 Å². The van der Waals surface area contributed by atoms with Crippen molar-refractivity contribution in [3.63, 3.8) is 0 Å². The second kappa shape index (κ2) is 4.24. The van der Waals surface area contributed by atoms with E-state index in [-0.39, 0.29) is 17.9 Å². The van der Waals surface area contributed by atoms with Gasteiger partial charge in [-0.05, 0) is 18.6 Å². The van der Waals surface area contributed by atoms with Gasteiger partial charge in [0, 0.05) is 18.6 Å². The first-order valence-electron chi connectivity index (χ1n) is 5.96. The highest BCUT2D eigenvalue weighted by Gasteiger charge is 2.58. The van der Waals surface area contributed by atoms with Crippen LogP contribution in [0.15, 0.2) is 18.2 Å². The van der Waals surface area contributed by atoms with Gasteiger partial charge in [-0.2, -0.15) is 0 Å². The molecule has 1 aromatic rings. The molecule has 3 rings (SSSR count). The molecule has 0 aromatic heterocycles. The summed E-state index contributed by atoms with van der Waals surface area (Å²) in [6.45, 7) is 0.738. The number of carbonyl (C=O) groups excluding carboxylic acids is 1. The summed E-state index contributed by atoms with van der Waals surface area (Å²) in [5, 5.41) is 2.71.